The van der Waals surface area contributed by atoms with Crippen LogP contribution in [0.5, 0.6) is 0 Å². The first-order chi connectivity index (χ1) is 10.7. The normalized spacial score (nSPS) is 19.5. The molecule has 1 aliphatic heterocycles. The summed E-state index contributed by atoms with van der Waals surface area (Å²) in [5, 5.41) is 17.3. The summed E-state index contributed by atoms with van der Waals surface area (Å²) in [5.74, 6) is -1.32. The Morgan fingerprint density at radius 2 is 1.64 bits per heavy atom. The third-order valence-corrected chi connectivity index (χ3v) is 3.49. The Morgan fingerprint density at radius 3 is 2.23 bits per heavy atom. The van der Waals surface area contributed by atoms with Crippen molar-refractivity contribution >= 4 is 17.3 Å². The Kier molecular flexibility index (Phi) is 3.55. The highest BCUT2D eigenvalue weighted by atomic mass is 16.5. The van der Waals surface area contributed by atoms with E-state index in [4.69, 9.17) is 10.1 Å². The second-order valence-electron chi connectivity index (χ2n) is 4.86. The summed E-state index contributed by atoms with van der Waals surface area (Å²) in [6, 6.07) is 19.9. The highest BCUT2D eigenvalue weighted by molar-refractivity contribution is 6.21. The van der Waals surface area contributed by atoms with Crippen molar-refractivity contribution in [2.24, 2.45) is 0 Å². The molecule has 2 aromatic rings. The number of nitrogens with one attached hydrogen (secondary N) is 1. The van der Waals surface area contributed by atoms with Gasteiger partial charge in [0.05, 0.1) is 0 Å². The quantitative estimate of drug-likeness (QED) is 0.680. The molecule has 22 heavy (non-hydrogen) atoms. The Hall–Kier alpha value is -3.19. The number of rotatable bonds is 2. The Morgan fingerprint density at radius 1 is 1.05 bits per heavy atom. The first kappa shape index (κ1) is 13.8. The van der Waals surface area contributed by atoms with Gasteiger partial charge in [-0.25, -0.2) is 0 Å². The summed E-state index contributed by atoms with van der Waals surface area (Å²) < 4.78 is 5.34. The van der Waals surface area contributed by atoms with E-state index < -0.39 is 5.92 Å². The maximum absolute atomic E-state index is 12.6. The van der Waals surface area contributed by atoms with Gasteiger partial charge in [-0.15, -0.1) is 0 Å². The van der Waals surface area contributed by atoms with Crippen molar-refractivity contribution in [2.75, 3.05) is 0 Å². The number of benzene rings is 2. The molecule has 0 radical (unpaired) electrons. The van der Waals surface area contributed by atoms with Gasteiger partial charge >= 0.3 is 0 Å². The second kappa shape index (κ2) is 5.66. The fourth-order valence-electron chi connectivity index (χ4n) is 2.44. The zero-order chi connectivity index (χ0) is 15.5. The van der Waals surface area contributed by atoms with Crippen LogP contribution in [0.1, 0.15) is 17.0 Å². The van der Waals surface area contributed by atoms with Gasteiger partial charge in [-0.05, 0) is 11.1 Å². The molecule has 0 bridgehead atoms. The molecule has 0 saturated carbocycles. The second-order valence-corrected chi connectivity index (χ2v) is 4.86. The van der Waals surface area contributed by atoms with E-state index in [1.54, 1.807) is 48.5 Å². The Balaban J connectivity index is 2.07. The number of hydrogen-bond acceptors (Lipinski definition) is 4. The molecule has 0 aromatic heterocycles. The largest absolute Gasteiger partial charge is 0.437 e. The molecular weight excluding hydrogens is 276 g/mol. The van der Waals surface area contributed by atoms with Gasteiger partial charge < -0.3 is 4.74 Å². The first-order valence-corrected chi connectivity index (χ1v) is 6.77. The van der Waals surface area contributed by atoms with E-state index in [1.165, 1.54) is 0 Å². The van der Waals surface area contributed by atoms with Gasteiger partial charge in [0, 0.05) is 0 Å². The molecule has 3 rings (SSSR count). The average molecular weight is 288 g/mol. The summed E-state index contributed by atoms with van der Waals surface area (Å²) in [6.07, 6.45) is 0. The van der Waals surface area contributed by atoms with E-state index in [0.29, 0.717) is 11.1 Å². The van der Waals surface area contributed by atoms with Crippen LogP contribution >= 0.6 is 0 Å². The minimum Gasteiger partial charge on any atom is -0.437 e. The van der Waals surface area contributed by atoms with Crippen LogP contribution in [0.4, 0.5) is 0 Å². The van der Waals surface area contributed by atoms with Crippen LogP contribution in [0.3, 0.4) is 0 Å². The van der Waals surface area contributed by atoms with Crippen LogP contribution in [0.2, 0.25) is 0 Å². The van der Waals surface area contributed by atoms with Crippen LogP contribution in [-0.4, -0.2) is 11.7 Å². The number of ether oxygens (including phenoxy) is 1. The fraction of sp³-hybridized carbons (Fsp3) is 0.0556. The van der Waals surface area contributed by atoms with Crippen molar-refractivity contribution in [3.8, 4) is 6.07 Å². The lowest BCUT2D eigenvalue weighted by Gasteiger charge is -2.04. The van der Waals surface area contributed by atoms with Crippen molar-refractivity contribution < 1.29 is 9.53 Å². The molecule has 4 nitrogen and oxygen atoms in total. The standard InChI is InChI=1S/C18H12N2O2/c19-11-14(12-7-3-1-4-8-12)17-16(21)15(18(20)22-17)13-9-5-2-6-10-13/h1-10,15,20H/b17-14-,20-18?. The van der Waals surface area contributed by atoms with E-state index >= 15 is 0 Å². The smallest absolute Gasteiger partial charge is 0.216 e. The number of carbonyl (C=O) groups is 1. The van der Waals surface area contributed by atoms with Crippen LogP contribution in [-0.2, 0) is 9.53 Å². The molecule has 0 aliphatic carbocycles. The van der Waals surface area contributed by atoms with E-state index in [9.17, 15) is 10.1 Å². The lowest BCUT2D eigenvalue weighted by molar-refractivity contribution is -0.115. The summed E-state index contributed by atoms with van der Waals surface area (Å²) >= 11 is 0. The van der Waals surface area contributed by atoms with Crippen LogP contribution in [0, 0.1) is 16.7 Å². The maximum atomic E-state index is 12.6. The molecule has 106 valence electrons. The number of nitrogens with zero attached hydrogens (tertiary/aromatic N) is 1. The zero-order valence-electron chi connectivity index (χ0n) is 11.6. The minimum absolute atomic E-state index is 0.0486. The van der Waals surface area contributed by atoms with Crippen LogP contribution in [0.15, 0.2) is 66.4 Å². The van der Waals surface area contributed by atoms with Crippen molar-refractivity contribution in [1.82, 2.24) is 0 Å². The molecular formula is C18H12N2O2. The maximum Gasteiger partial charge on any atom is 0.216 e. The lowest BCUT2D eigenvalue weighted by Crippen LogP contribution is -2.12. The number of allylic oxidation sites excluding steroid dienone is 2. The summed E-state index contributed by atoms with van der Waals surface area (Å²) in [6.45, 7) is 0. The number of carbonyl (C=O) groups excluding carboxylic acids is 1. The average Bonchev–Trinajstić information content (AvgIpc) is 2.85. The van der Waals surface area contributed by atoms with Gasteiger partial charge in [-0.2, -0.15) is 5.26 Å². The highest BCUT2D eigenvalue weighted by Crippen LogP contribution is 2.34. The predicted octanol–water partition coefficient (Wildman–Crippen LogP) is 3.28. The molecule has 1 unspecified atom stereocenters. The van der Waals surface area contributed by atoms with Crippen molar-refractivity contribution in [3.63, 3.8) is 0 Å². The molecule has 1 fully saturated rings. The van der Waals surface area contributed by atoms with E-state index in [1.807, 2.05) is 18.2 Å². The number of ketones is 1. The summed E-state index contributed by atoms with van der Waals surface area (Å²) in [7, 11) is 0. The van der Waals surface area contributed by atoms with E-state index in [-0.39, 0.29) is 23.0 Å². The van der Waals surface area contributed by atoms with Crippen molar-refractivity contribution in [2.45, 2.75) is 5.92 Å². The predicted molar refractivity (Wildman–Crippen MR) is 82.0 cm³/mol. The third kappa shape index (κ3) is 2.29. The molecule has 0 amide bonds. The third-order valence-electron chi connectivity index (χ3n) is 3.49. The molecule has 1 aliphatic rings. The first-order valence-electron chi connectivity index (χ1n) is 6.77. The molecule has 0 spiro atoms. The zero-order valence-corrected chi connectivity index (χ0v) is 11.6. The fourth-order valence-corrected chi connectivity index (χ4v) is 2.44. The number of Topliss-reactive ketones (excluding diaryl/α,β-unsaturated/α-hetero) is 1. The number of hydrogen-bond donors (Lipinski definition) is 1. The Labute approximate surface area is 127 Å². The monoisotopic (exact) mass is 288 g/mol. The summed E-state index contributed by atoms with van der Waals surface area (Å²) in [4.78, 5) is 12.6. The lowest BCUT2D eigenvalue weighted by atomic mass is 9.93. The Bertz CT molecular complexity index is 802. The van der Waals surface area contributed by atoms with Gasteiger partial charge in [-0.1, -0.05) is 60.7 Å². The van der Waals surface area contributed by atoms with E-state index in [2.05, 4.69) is 0 Å². The van der Waals surface area contributed by atoms with Crippen molar-refractivity contribution in [1.29, 1.82) is 10.7 Å². The molecule has 2 aromatic carbocycles. The highest BCUT2D eigenvalue weighted by Gasteiger charge is 2.40. The van der Waals surface area contributed by atoms with E-state index in [0.717, 1.165) is 0 Å². The topological polar surface area (TPSA) is 73.9 Å². The van der Waals surface area contributed by atoms with Gasteiger partial charge in [0.1, 0.15) is 17.6 Å². The van der Waals surface area contributed by atoms with Gasteiger partial charge in [0.15, 0.2) is 5.76 Å². The van der Waals surface area contributed by atoms with Crippen molar-refractivity contribution in [3.05, 3.63) is 77.5 Å². The molecule has 1 saturated heterocycles. The molecule has 4 heteroatoms. The summed E-state index contributed by atoms with van der Waals surface area (Å²) in [5.41, 5.74) is 1.46. The van der Waals surface area contributed by atoms with Gasteiger partial charge in [0.25, 0.3) is 0 Å². The minimum atomic E-state index is -0.775. The molecule has 1 atom stereocenters. The van der Waals surface area contributed by atoms with Crippen LogP contribution in [0.25, 0.3) is 5.57 Å². The van der Waals surface area contributed by atoms with Gasteiger partial charge in [0.2, 0.25) is 11.7 Å². The SMILES string of the molecule is N#C/C(=C1/OC(=N)C(c2ccccc2)C1=O)c1ccccc1. The number of nitriles is 1. The molecule has 1 N–H and O–H groups in total. The van der Waals surface area contributed by atoms with Gasteiger partial charge in [-0.3, -0.25) is 10.2 Å². The molecule has 1 heterocycles. The van der Waals surface area contributed by atoms with Crippen LogP contribution < -0.4 is 0 Å².